The number of imidazole rings is 1. The van der Waals surface area contributed by atoms with E-state index in [1.807, 2.05) is 47.1 Å². The molecule has 0 aliphatic carbocycles. The van der Waals surface area contributed by atoms with Crippen LogP contribution >= 0.6 is 0 Å². The second-order valence-corrected chi connectivity index (χ2v) is 9.99. The Morgan fingerprint density at radius 1 is 0.919 bits per heavy atom. The van der Waals surface area contributed by atoms with Gasteiger partial charge in [-0.1, -0.05) is 18.2 Å². The fraction of sp³-hybridized carbons (Fsp3) is 0.393. The highest BCUT2D eigenvalue weighted by Crippen LogP contribution is 2.36. The highest BCUT2D eigenvalue weighted by molar-refractivity contribution is 5.62. The van der Waals surface area contributed by atoms with Crippen LogP contribution in [0.3, 0.4) is 0 Å². The topological polar surface area (TPSA) is 68.0 Å². The minimum atomic E-state index is -0.408. The van der Waals surface area contributed by atoms with E-state index in [-0.39, 0.29) is 11.9 Å². The first kappa shape index (κ1) is 22.6. The van der Waals surface area contributed by atoms with Gasteiger partial charge in [0.1, 0.15) is 23.1 Å². The van der Waals surface area contributed by atoms with Gasteiger partial charge in [0.2, 0.25) is 0 Å². The van der Waals surface area contributed by atoms with Gasteiger partial charge in [0.25, 0.3) is 0 Å². The van der Waals surface area contributed by atoms with Crippen molar-refractivity contribution < 1.29 is 13.9 Å². The molecule has 3 saturated heterocycles. The number of ether oxygens (including phenoxy) is 2. The molecule has 1 spiro atoms. The maximum Gasteiger partial charge on any atom is 0.171 e. The summed E-state index contributed by atoms with van der Waals surface area (Å²) in [6, 6.07) is 17.1. The minimum absolute atomic E-state index is 0.101. The molecule has 0 amide bonds. The molecule has 0 saturated carbocycles. The molecule has 1 atom stereocenters. The Labute approximate surface area is 214 Å². The van der Waals surface area contributed by atoms with Crippen molar-refractivity contribution in [2.45, 2.75) is 37.5 Å². The van der Waals surface area contributed by atoms with Gasteiger partial charge in [-0.25, -0.2) is 18.9 Å². The van der Waals surface area contributed by atoms with Crippen molar-refractivity contribution in [1.29, 1.82) is 0 Å². The number of halogens is 1. The molecule has 37 heavy (non-hydrogen) atoms. The van der Waals surface area contributed by atoms with E-state index in [0.29, 0.717) is 13.2 Å². The molecule has 190 valence electrons. The van der Waals surface area contributed by atoms with E-state index < -0.39 is 5.79 Å². The van der Waals surface area contributed by atoms with E-state index in [4.69, 9.17) is 19.6 Å². The molecule has 3 fully saturated rings. The number of anilines is 2. The van der Waals surface area contributed by atoms with Crippen molar-refractivity contribution in [3.8, 4) is 11.4 Å². The molecule has 0 bridgehead atoms. The molecule has 4 aromatic rings. The van der Waals surface area contributed by atoms with Gasteiger partial charge in [0, 0.05) is 32.5 Å². The summed E-state index contributed by atoms with van der Waals surface area (Å²) in [5.74, 6) is 1.17. The van der Waals surface area contributed by atoms with Crippen LogP contribution in [-0.2, 0) is 9.47 Å². The van der Waals surface area contributed by atoms with E-state index >= 15 is 0 Å². The van der Waals surface area contributed by atoms with Crippen LogP contribution in [0.5, 0.6) is 0 Å². The van der Waals surface area contributed by atoms with Crippen LogP contribution in [-0.4, -0.2) is 58.2 Å². The number of piperidine rings is 1. The second kappa shape index (κ2) is 9.08. The third-order valence-corrected chi connectivity index (χ3v) is 7.79. The molecular formula is C28H29FN6O2. The first-order valence-electron chi connectivity index (χ1n) is 13.0. The Morgan fingerprint density at radius 2 is 1.76 bits per heavy atom. The zero-order valence-corrected chi connectivity index (χ0v) is 20.6. The normalized spacial score (nSPS) is 21.4. The van der Waals surface area contributed by atoms with Crippen molar-refractivity contribution in [2.24, 2.45) is 0 Å². The predicted molar refractivity (Wildman–Crippen MR) is 138 cm³/mol. The van der Waals surface area contributed by atoms with Gasteiger partial charge in [-0.05, 0) is 54.8 Å². The summed E-state index contributed by atoms with van der Waals surface area (Å²) in [6.07, 6.45) is 5.51. The number of fused-ring (bicyclic) bond motifs is 1. The maximum atomic E-state index is 13.9. The van der Waals surface area contributed by atoms with Crippen molar-refractivity contribution in [3.63, 3.8) is 0 Å². The smallest absolute Gasteiger partial charge is 0.171 e. The van der Waals surface area contributed by atoms with Crippen LogP contribution in [0.25, 0.3) is 17.0 Å². The highest BCUT2D eigenvalue weighted by Gasteiger charge is 2.40. The average molecular weight is 501 g/mol. The molecule has 7 rings (SSSR count). The molecule has 9 heteroatoms. The first-order valence-corrected chi connectivity index (χ1v) is 13.0. The largest absolute Gasteiger partial charge is 0.356 e. The minimum Gasteiger partial charge on any atom is -0.356 e. The van der Waals surface area contributed by atoms with Crippen molar-refractivity contribution in [2.75, 3.05) is 42.6 Å². The van der Waals surface area contributed by atoms with E-state index in [1.165, 1.54) is 6.07 Å². The Bertz CT molecular complexity index is 1430. The fourth-order valence-electron chi connectivity index (χ4n) is 5.90. The van der Waals surface area contributed by atoms with Gasteiger partial charge in [-0.2, -0.15) is 0 Å². The van der Waals surface area contributed by atoms with Crippen LogP contribution < -0.4 is 9.80 Å². The third kappa shape index (κ3) is 4.12. The van der Waals surface area contributed by atoms with E-state index in [0.717, 1.165) is 79.6 Å². The summed E-state index contributed by atoms with van der Waals surface area (Å²) in [6.45, 7) is 3.90. The maximum absolute atomic E-state index is 13.9. The predicted octanol–water partition coefficient (Wildman–Crippen LogP) is 4.62. The van der Waals surface area contributed by atoms with Crippen LogP contribution in [0, 0.1) is 5.82 Å². The summed E-state index contributed by atoms with van der Waals surface area (Å²) in [4.78, 5) is 14.1. The Kier molecular flexibility index (Phi) is 5.55. The first-order chi connectivity index (χ1) is 18.2. The molecular weight excluding hydrogens is 471 g/mol. The summed E-state index contributed by atoms with van der Waals surface area (Å²) < 4.78 is 27.6. The summed E-state index contributed by atoms with van der Waals surface area (Å²) in [7, 11) is 0. The number of rotatable bonds is 4. The van der Waals surface area contributed by atoms with Crippen molar-refractivity contribution in [3.05, 3.63) is 72.2 Å². The third-order valence-electron chi connectivity index (χ3n) is 7.79. The molecule has 8 nitrogen and oxygen atoms in total. The van der Waals surface area contributed by atoms with Crippen molar-refractivity contribution in [1.82, 2.24) is 19.6 Å². The zero-order chi connectivity index (χ0) is 24.8. The van der Waals surface area contributed by atoms with Gasteiger partial charge in [0.05, 0.1) is 31.1 Å². The molecule has 3 aromatic heterocycles. The Balaban J connectivity index is 1.17. The van der Waals surface area contributed by atoms with Gasteiger partial charge in [-0.3, -0.25) is 0 Å². The number of hydrogen-bond donors (Lipinski definition) is 0. The Morgan fingerprint density at radius 3 is 2.59 bits per heavy atom. The lowest BCUT2D eigenvalue weighted by Crippen LogP contribution is -2.45. The van der Waals surface area contributed by atoms with Gasteiger partial charge >= 0.3 is 0 Å². The van der Waals surface area contributed by atoms with E-state index in [1.54, 1.807) is 12.1 Å². The van der Waals surface area contributed by atoms with Gasteiger partial charge < -0.3 is 19.3 Å². The number of pyridine rings is 1. The molecule has 1 aromatic carbocycles. The standard InChI is InChI=1S/C28H29FN6O2/c29-21-5-1-4-20(18-21)23-7-3-13-34(23)27-10-9-25-30-19-24(35(25)32-27)22-6-2-8-26(31-22)33-14-11-28(12-15-33)36-16-17-37-28/h1-2,4-6,8-10,18-19,23H,3,7,11-17H2. The van der Waals surface area contributed by atoms with Crippen LogP contribution in [0.1, 0.15) is 37.3 Å². The van der Waals surface area contributed by atoms with Crippen LogP contribution in [0.15, 0.2) is 60.8 Å². The zero-order valence-electron chi connectivity index (χ0n) is 20.6. The number of benzene rings is 1. The molecule has 0 radical (unpaired) electrons. The number of hydrogen-bond acceptors (Lipinski definition) is 7. The summed E-state index contributed by atoms with van der Waals surface area (Å²) >= 11 is 0. The molecule has 3 aliphatic rings. The fourth-order valence-corrected chi connectivity index (χ4v) is 5.90. The number of aromatic nitrogens is 4. The van der Waals surface area contributed by atoms with Crippen LogP contribution in [0.2, 0.25) is 0 Å². The van der Waals surface area contributed by atoms with Crippen molar-refractivity contribution >= 4 is 17.3 Å². The molecule has 6 heterocycles. The van der Waals surface area contributed by atoms with Gasteiger partial charge in [-0.15, -0.1) is 5.10 Å². The SMILES string of the molecule is Fc1cccc(C2CCCN2c2ccc3ncc(-c4cccc(N5CCC6(CC5)OCCO6)n4)n3n2)c1. The number of nitrogens with zero attached hydrogens (tertiary/aromatic N) is 6. The molecule has 1 unspecified atom stereocenters. The van der Waals surface area contributed by atoms with E-state index in [9.17, 15) is 4.39 Å². The summed E-state index contributed by atoms with van der Waals surface area (Å²) in [5.41, 5.74) is 3.42. The molecule has 0 N–H and O–H groups in total. The van der Waals surface area contributed by atoms with E-state index in [2.05, 4.69) is 14.8 Å². The molecule has 3 aliphatic heterocycles. The lowest BCUT2D eigenvalue weighted by atomic mass is 10.0. The Hall–Kier alpha value is -3.56. The van der Waals surface area contributed by atoms with Gasteiger partial charge in [0.15, 0.2) is 11.4 Å². The van der Waals surface area contributed by atoms with Crippen LogP contribution in [0.4, 0.5) is 16.0 Å². The highest BCUT2D eigenvalue weighted by atomic mass is 19.1. The quantitative estimate of drug-likeness (QED) is 0.405. The average Bonchev–Trinajstić information content (AvgIpc) is 3.69. The lowest BCUT2D eigenvalue weighted by Gasteiger charge is -2.38. The second-order valence-electron chi connectivity index (χ2n) is 9.99. The summed E-state index contributed by atoms with van der Waals surface area (Å²) in [5, 5.41) is 4.98. The lowest BCUT2D eigenvalue weighted by molar-refractivity contribution is -0.169. The monoisotopic (exact) mass is 500 g/mol.